The maximum absolute atomic E-state index is 5.50. The SMILES string of the molecule is CC(CN)NCC(C)(C)N(C)C. The zero-order chi connectivity index (χ0) is 9.78. The Morgan fingerprint density at radius 2 is 1.92 bits per heavy atom. The van der Waals surface area contributed by atoms with Gasteiger partial charge in [0.05, 0.1) is 0 Å². The molecule has 0 aliphatic carbocycles. The van der Waals surface area contributed by atoms with Crippen LogP contribution < -0.4 is 11.1 Å². The lowest BCUT2D eigenvalue weighted by molar-refractivity contribution is 0.186. The normalized spacial score (nSPS) is 15.2. The average Bonchev–Trinajstić information content (AvgIpc) is 2.00. The second kappa shape index (κ2) is 4.80. The third-order valence-corrected chi connectivity index (χ3v) is 2.45. The molecule has 0 aromatic carbocycles. The van der Waals surface area contributed by atoms with Gasteiger partial charge in [-0.05, 0) is 34.9 Å². The molecular weight excluding hydrogens is 150 g/mol. The summed E-state index contributed by atoms with van der Waals surface area (Å²) < 4.78 is 0. The van der Waals surface area contributed by atoms with Crippen LogP contribution in [0.25, 0.3) is 0 Å². The van der Waals surface area contributed by atoms with Crippen molar-refractivity contribution in [1.29, 1.82) is 0 Å². The Balaban J connectivity index is 3.75. The minimum atomic E-state index is 0.198. The van der Waals surface area contributed by atoms with Crippen LogP contribution in [0.2, 0.25) is 0 Å². The van der Waals surface area contributed by atoms with Crippen molar-refractivity contribution < 1.29 is 0 Å². The minimum absolute atomic E-state index is 0.198. The van der Waals surface area contributed by atoms with E-state index in [1.54, 1.807) is 0 Å². The molecule has 0 saturated carbocycles. The maximum Gasteiger partial charge on any atom is 0.0271 e. The van der Waals surface area contributed by atoms with Crippen molar-refractivity contribution >= 4 is 0 Å². The van der Waals surface area contributed by atoms with E-state index in [-0.39, 0.29) is 5.54 Å². The molecule has 0 spiro atoms. The van der Waals surface area contributed by atoms with E-state index in [4.69, 9.17) is 5.73 Å². The largest absolute Gasteiger partial charge is 0.329 e. The molecule has 1 atom stereocenters. The van der Waals surface area contributed by atoms with Gasteiger partial charge in [0.1, 0.15) is 0 Å². The fourth-order valence-corrected chi connectivity index (χ4v) is 0.665. The molecule has 74 valence electrons. The summed E-state index contributed by atoms with van der Waals surface area (Å²) in [5.74, 6) is 0. The Morgan fingerprint density at radius 1 is 1.42 bits per heavy atom. The Hall–Kier alpha value is -0.120. The number of likely N-dealkylation sites (N-methyl/N-ethyl adjacent to an activating group) is 1. The van der Waals surface area contributed by atoms with Crippen LogP contribution in [0.5, 0.6) is 0 Å². The minimum Gasteiger partial charge on any atom is -0.329 e. The molecule has 3 heteroatoms. The molecule has 0 bridgehead atoms. The van der Waals surface area contributed by atoms with Gasteiger partial charge in [-0.25, -0.2) is 0 Å². The number of hydrogen-bond acceptors (Lipinski definition) is 3. The van der Waals surface area contributed by atoms with Crippen LogP contribution in [0.3, 0.4) is 0 Å². The number of nitrogens with zero attached hydrogens (tertiary/aromatic N) is 1. The molecule has 0 heterocycles. The highest BCUT2D eigenvalue weighted by molar-refractivity contribution is 4.81. The van der Waals surface area contributed by atoms with E-state index in [0.717, 1.165) is 6.54 Å². The molecule has 0 aliphatic heterocycles. The molecule has 0 aromatic rings. The molecular formula is C9H23N3. The van der Waals surface area contributed by atoms with E-state index < -0.39 is 0 Å². The van der Waals surface area contributed by atoms with E-state index >= 15 is 0 Å². The van der Waals surface area contributed by atoms with Gasteiger partial charge in [-0.15, -0.1) is 0 Å². The Labute approximate surface area is 76.3 Å². The van der Waals surface area contributed by atoms with Gasteiger partial charge in [-0.3, -0.25) is 0 Å². The van der Waals surface area contributed by atoms with Crippen molar-refractivity contribution in [2.75, 3.05) is 27.2 Å². The Morgan fingerprint density at radius 3 is 2.25 bits per heavy atom. The first kappa shape index (κ1) is 11.9. The van der Waals surface area contributed by atoms with Gasteiger partial charge in [-0.1, -0.05) is 0 Å². The fraction of sp³-hybridized carbons (Fsp3) is 1.00. The van der Waals surface area contributed by atoms with Crippen LogP contribution in [-0.4, -0.2) is 43.7 Å². The quantitative estimate of drug-likeness (QED) is 0.627. The highest BCUT2D eigenvalue weighted by Crippen LogP contribution is 2.07. The van der Waals surface area contributed by atoms with E-state index in [1.807, 2.05) is 0 Å². The Bertz CT molecular complexity index is 121. The van der Waals surface area contributed by atoms with E-state index in [1.165, 1.54) is 0 Å². The fourth-order valence-electron chi connectivity index (χ4n) is 0.665. The summed E-state index contributed by atoms with van der Waals surface area (Å²) in [6.07, 6.45) is 0. The summed E-state index contributed by atoms with van der Waals surface area (Å²) in [5.41, 5.74) is 5.70. The molecule has 0 fully saturated rings. The summed E-state index contributed by atoms with van der Waals surface area (Å²) in [6, 6.07) is 0.407. The van der Waals surface area contributed by atoms with Gasteiger partial charge in [0.15, 0.2) is 0 Å². The van der Waals surface area contributed by atoms with Gasteiger partial charge in [0.25, 0.3) is 0 Å². The number of hydrogen-bond donors (Lipinski definition) is 2. The van der Waals surface area contributed by atoms with E-state index in [9.17, 15) is 0 Å². The highest BCUT2D eigenvalue weighted by Gasteiger charge is 2.20. The second-order valence-electron chi connectivity index (χ2n) is 4.22. The maximum atomic E-state index is 5.50. The van der Waals surface area contributed by atoms with Crippen molar-refractivity contribution in [3.05, 3.63) is 0 Å². The summed E-state index contributed by atoms with van der Waals surface area (Å²) in [7, 11) is 4.18. The number of nitrogens with two attached hydrogens (primary N) is 1. The Kier molecular flexibility index (Phi) is 4.75. The molecule has 0 saturated heterocycles. The zero-order valence-corrected chi connectivity index (χ0v) is 9.02. The monoisotopic (exact) mass is 173 g/mol. The van der Waals surface area contributed by atoms with Crippen molar-refractivity contribution in [3.63, 3.8) is 0 Å². The number of nitrogens with one attached hydrogen (secondary N) is 1. The van der Waals surface area contributed by atoms with Crippen LogP contribution in [0, 0.1) is 0 Å². The lowest BCUT2D eigenvalue weighted by atomic mass is 10.0. The molecule has 0 amide bonds. The zero-order valence-electron chi connectivity index (χ0n) is 9.02. The topological polar surface area (TPSA) is 41.3 Å². The molecule has 12 heavy (non-hydrogen) atoms. The first-order valence-electron chi connectivity index (χ1n) is 4.51. The predicted octanol–water partition coefficient (Wildman–Crippen LogP) is 0.263. The number of rotatable bonds is 5. The van der Waals surface area contributed by atoms with E-state index in [2.05, 4.69) is 45.1 Å². The van der Waals surface area contributed by atoms with Gasteiger partial charge >= 0.3 is 0 Å². The summed E-state index contributed by atoms with van der Waals surface area (Å²) in [4.78, 5) is 2.21. The molecule has 0 aliphatic rings. The first-order chi connectivity index (χ1) is 5.40. The van der Waals surface area contributed by atoms with Crippen LogP contribution in [-0.2, 0) is 0 Å². The van der Waals surface area contributed by atoms with Gasteiger partial charge in [0.2, 0.25) is 0 Å². The van der Waals surface area contributed by atoms with Crippen molar-refractivity contribution in [2.45, 2.75) is 32.4 Å². The lowest BCUT2D eigenvalue weighted by Gasteiger charge is -2.33. The van der Waals surface area contributed by atoms with E-state index in [0.29, 0.717) is 12.6 Å². The summed E-state index contributed by atoms with van der Waals surface area (Å²) in [5, 5.41) is 3.39. The van der Waals surface area contributed by atoms with Crippen LogP contribution in [0.1, 0.15) is 20.8 Å². The lowest BCUT2D eigenvalue weighted by Crippen LogP contribution is -2.49. The predicted molar refractivity (Wildman–Crippen MR) is 54.3 cm³/mol. The van der Waals surface area contributed by atoms with Crippen molar-refractivity contribution in [2.24, 2.45) is 5.73 Å². The summed E-state index contributed by atoms with van der Waals surface area (Å²) >= 11 is 0. The second-order valence-corrected chi connectivity index (χ2v) is 4.22. The standard InChI is InChI=1S/C9H23N3/c1-8(6-10)11-7-9(2,3)12(4)5/h8,11H,6-7,10H2,1-5H3. The van der Waals surface area contributed by atoms with Crippen molar-refractivity contribution in [1.82, 2.24) is 10.2 Å². The van der Waals surface area contributed by atoms with Crippen LogP contribution in [0.15, 0.2) is 0 Å². The van der Waals surface area contributed by atoms with Gasteiger partial charge in [0, 0.05) is 24.7 Å². The summed E-state index contributed by atoms with van der Waals surface area (Å²) in [6.45, 7) is 8.19. The average molecular weight is 173 g/mol. The molecule has 0 rings (SSSR count). The molecule has 1 unspecified atom stereocenters. The van der Waals surface area contributed by atoms with Gasteiger partial charge < -0.3 is 16.0 Å². The van der Waals surface area contributed by atoms with Gasteiger partial charge in [-0.2, -0.15) is 0 Å². The third-order valence-electron chi connectivity index (χ3n) is 2.45. The third kappa shape index (κ3) is 4.04. The molecule has 0 radical (unpaired) electrons. The molecule has 3 N–H and O–H groups in total. The smallest absolute Gasteiger partial charge is 0.0271 e. The molecule has 0 aromatic heterocycles. The van der Waals surface area contributed by atoms with Crippen molar-refractivity contribution in [3.8, 4) is 0 Å². The first-order valence-corrected chi connectivity index (χ1v) is 4.51. The van der Waals surface area contributed by atoms with Crippen LogP contribution >= 0.6 is 0 Å². The highest BCUT2D eigenvalue weighted by atomic mass is 15.2. The molecule has 3 nitrogen and oxygen atoms in total. The van der Waals surface area contributed by atoms with Crippen LogP contribution in [0.4, 0.5) is 0 Å².